The third kappa shape index (κ3) is 9.34. The highest BCUT2D eigenvalue weighted by Crippen LogP contribution is 2.33. The Balaban J connectivity index is 2.32. The van der Waals surface area contributed by atoms with E-state index in [2.05, 4.69) is 31.2 Å². The van der Waals surface area contributed by atoms with Crippen molar-refractivity contribution in [2.45, 2.75) is 83.3 Å². The third-order valence-electron chi connectivity index (χ3n) is 5.01. The highest BCUT2D eigenvalue weighted by atomic mass is 16.3. The summed E-state index contributed by atoms with van der Waals surface area (Å²) in [6.45, 7) is 1.95. The van der Waals surface area contributed by atoms with Gasteiger partial charge in [0.2, 0.25) is 0 Å². The van der Waals surface area contributed by atoms with E-state index < -0.39 is 6.10 Å². The van der Waals surface area contributed by atoms with E-state index in [-0.39, 0.29) is 18.6 Å². The highest BCUT2D eigenvalue weighted by molar-refractivity contribution is 5.83. The molecule has 4 nitrogen and oxygen atoms in total. The Kier molecular flexibility index (Phi) is 11.7. The molecule has 2 unspecified atom stereocenters. The maximum absolute atomic E-state index is 12.1. The second kappa shape index (κ2) is 13.3. The van der Waals surface area contributed by atoms with Crippen LogP contribution in [-0.2, 0) is 4.79 Å². The second-order valence-electron chi connectivity index (χ2n) is 7.21. The number of hydrogen-bond donors (Lipinski definition) is 3. The van der Waals surface area contributed by atoms with E-state index in [0.29, 0.717) is 31.0 Å². The number of Topliss-reactive ketones (excluding diaryl/α,β-unsaturated/α-hetero) is 1. The van der Waals surface area contributed by atoms with Crippen LogP contribution in [0.5, 0.6) is 0 Å². The van der Waals surface area contributed by atoms with Crippen molar-refractivity contribution in [2.75, 3.05) is 6.61 Å². The van der Waals surface area contributed by atoms with Gasteiger partial charge >= 0.3 is 0 Å². The van der Waals surface area contributed by atoms with Crippen molar-refractivity contribution in [3.8, 4) is 0 Å². The van der Waals surface area contributed by atoms with Crippen LogP contribution in [-0.4, -0.2) is 39.9 Å². The zero-order valence-corrected chi connectivity index (χ0v) is 15.6. The minimum atomic E-state index is -0.619. The van der Waals surface area contributed by atoms with Crippen LogP contribution in [0, 0.1) is 11.8 Å². The maximum atomic E-state index is 12.1. The number of rotatable bonds is 13. The van der Waals surface area contributed by atoms with E-state index in [1.165, 1.54) is 0 Å². The van der Waals surface area contributed by atoms with Crippen molar-refractivity contribution in [2.24, 2.45) is 11.8 Å². The van der Waals surface area contributed by atoms with Gasteiger partial charge in [0.05, 0.1) is 18.8 Å². The summed E-state index contributed by atoms with van der Waals surface area (Å²) in [5.41, 5.74) is 0. The van der Waals surface area contributed by atoms with Gasteiger partial charge in [-0.2, -0.15) is 0 Å². The normalized spacial score (nSPS) is 23.8. The Hall–Kier alpha value is -0.970. The summed E-state index contributed by atoms with van der Waals surface area (Å²) in [4.78, 5) is 12.1. The number of aliphatic hydroxyl groups excluding tert-OH is 3. The van der Waals surface area contributed by atoms with Crippen LogP contribution >= 0.6 is 0 Å². The first kappa shape index (κ1) is 22.1. The summed E-state index contributed by atoms with van der Waals surface area (Å²) in [6.07, 6.45) is 15.8. The van der Waals surface area contributed by atoms with Crippen LogP contribution in [0.25, 0.3) is 0 Å². The number of unbranched alkanes of at least 4 members (excludes halogenated alkanes) is 2. The van der Waals surface area contributed by atoms with E-state index in [1.807, 2.05) is 0 Å². The lowest BCUT2D eigenvalue weighted by Crippen LogP contribution is -2.12. The van der Waals surface area contributed by atoms with Crippen molar-refractivity contribution < 1.29 is 20.1 Å². The van der Waals surface area contributed by atoms with E-state index in [1.54, 1.807) is 0 Å². The Bertz CT molecular complexity index is 416. The molecule has 4 heteroatoms. The molecule has 0 aromatic heterocycles. The van der Waals surface area contributed by atoms with Crippen molar-refractivity contribution in [1.82, 2.24) is 0 Å². The van der Waals surface area contributed by atoms with Crippen LogP contribution in [0.2, 0.25) is 0 Å². The van der Waals surface area contributed by atoms with E-state index >= 15 is 0 Å². The van der Waals surface area contributed by atoms with Crippen molar-refractivity contribution in [3.63, 3.8) is 0 Å². The molecule has 0 aromatic rings. The molecule has 1 rings (SSSR count). The average molecular weight is 353 g/mol. The van der Waals surface area contributed by atoms with Gasteiger partial charge in [-0.3, -0.25) is 4.79 Å². The minimum Gasteiger partial charge on any atom is -0.394 e. The first-order valence-corrected chi connectivity index (χ1v) is 9.89. The molecule has 0 radical (unpaired) electrons. The molecular weight excluding hydrogens is 316 g/mol. The molecule has 0 amide bonds. The fourth-order valence-corrected chi connectivity index (χ4v) is 3.36. The molecule has 1 aliphatic carbocycles. The molecule has 144 valence electrons. The Morgan fingerprint density at radius 2 is 1.88 bits per heavy atom. The van der Waals surface area contributed by atoms with Gasteiger partial charge in [0.1, 0.15) is 5.78 Å². The fourth-order valence-electron chi connectivity index (χ4n) is 3.36. The summed E-state index contributed by atoms with van der Waals surface area (Å²) in [5, 5.41) is 27.9. The van der Waals surface area contributed by atoms with Crippen molar-refractivity contribution in [3.05, 3.63) is 24.3 Å². The lowest BCUT2D eigenvalue weighted by Gasteiger charge is -2.13. The van der Waals surface area contributed by atoms with E-state index in [4.69, 9.17) is 5.11 Å². The van der Waals surface area contributed by atoms with Crippen LogP contribution in [0.1, 0.15) is 71.1 Å². The van der Waals surface area contributed by atoms with Crippen molar-refractivity contribution >= 4 is 5.78 Å². The van der Waals surface area contributed by atoms with Gasteiger partial charge in [-0.05, 0) is 50.9 Å². The largest absolute Gasteiger partial charge is 0.394 e. The zero-order chi connectivity index (χ0) is 18.5. The summed E-state index contributed by atoms with van der Waals surface area (Å²) < 4.78 is 0. The van der Waals surface area contributed by atoms with Gasteiger partial charge in [-0.15, -0.1) is 0 Å². The molecule has 1 fully saturated rings. The molecule has 25 heavy (non-hydrogen) atoms. The first-order valence-electron chi connectivity index (χ1n) is 9.89. The summed E-state index contributed by atoms with van der Waals surface area (Å²) >= 11 is 0. The Labute approximate surface area is 152 Å². The van der Waals surface area contributed by atoms with Crippen LogP contribution in [0.3, 0.4) is 0 Å². The molecule has 0 aromatic carbocycles. The first-order chi connectivity index (χ1) is 12.1. The van der Waals surface area contributed by atoms with Gasteiger partial charge in [-0.25, -0.2) is 0 Å². The lowest BCUT2D eigenvalue weighted by molar-refractivity contribution is -0.120. The Morgan fingerprint density at radius 3 is 2.60 bits per heavy atom. The predicted molar refractivity (Wildman–Crippen MR) is 101 cm³/mol. The second-order valence-corrected chi connectivity index (χ2v) is 7.21. The molecule has 0 aliphatic heterocycles. The molecule has 0 heterocycles. The van der Waals surface area contributed by atoms with Crippen LogP contribution in [0.15, 0.2) is 24.3 Å². The quantitative estimate of drug-likeness (QED) is 0.350. The van der Waals surface area contributed by atoms with Gasteiger partial charge < -0.3 is 15.3 Å². The molecule has 0 saturated heterocycles. The summed E-state index contributed by atoms with van der Waals surface area (Å²) in [5.74, 6) is 0.719. The summed E-state index contributed by atoms with van der Waals surface area (Å²) in [7, 11) is 0. The molecule has 4 atom stereocenters. The predicted octanol–water partition coefficient (Wildman–Crippen LogP) is 3.55. The molecule has 1 saturated carbocycles. The maximum Gasteiger partial charge on any atom is 0.136 e. The molecular formula is C21H36O4. The number of carbonyl (C=O) groups excluding carboxylic acids is 1. The standard InChI is InChI=1S/C21H36O4/c1-2-3-10-18(23)12-8-9-17-14-15-21(25)20(17)13-7-5-4-6-11-19(24)16-22/h5,7-9,17-20,22-24H,2-4,6,10-16H2,1H3/t17-,18?,19?,20+/m0/s1. The molecule has 0 bridgehead atoms. The van der Waals surface area contributed by atoms with Crippen LogP contribution < -0.4 is 0 Å². The monoisotopic (exact) mass is 352 g/mol. The lowest BCUT2D eigenvalue weighted by atomic mass is 9.91. The number of carbonyl (C=O) groups is 1. The smallest absolute Gasteiger partial charge is 0.136 e. The number of hydrogen-bond acceptors (Lipinski definition) is 4. The zero-order valence-electron chi connectivity index (χ0n) is 15.6. The van der Waals surface area contributed by atoms with E-state index in [0.717, 1.165) is 44.9 Å². The van der Waals surface area contributed by atoms with Crippen molar-refractivity contribution in [1.29, 1.82) is 0 Å². The van der Waals surface area contributed by atoms with Crippen LogP contribution in [0.4, 0.5) is 0 Å². The number of ketones is 1. The Morgan fingerprint density at radius 1 is 1.12 bits per heavy atom. The third-order valence-corrected chi connectivity index (χ3v) is 5.01. The fraction of sp³-hybridized carbons (Fsp3) is 0.762. The van der Waals surface area contributed by atoms with Gasteiger partial charge in [0.25, 0.3) is 0 Å². The van der Waals surface area contributed by atoms with Gasteiger partial charge in [0, 0.05) is 12.3 Å². The molecule has 1 aliphatic rings. The van der Waals surface area contributed by atoms with Gasteiger partial charge in [0.15, 0.2) is 0 Å². The topological polar surface area (TPSA) is 77.8 Å². The molecule has 0 spiro atoms. The number of aliphatic hydroxyl groups is 3. The SMILES string of the molecule is CCCCC(O)CC=C[C@H]1CCC(=O)[C@@H]1CC=CCCCC(O)CO. The number of allylic oxidation sites excluding steroid dienone is 3. The molecule has 3 N–H and O–H groups in total. The minimum absolute atomic E-state index is 0.0725. The average Bonchev–Trinajstić information content (AvgIpc) is 2.95. The van der Waals surface area contributed by atoms with Gasteiger partial charge in [-0.1, -0.05) is 44.1 Å². The van der Waals surface area contributed by atoms with E-state index in [9.17, 15) is 15.0 Å². The summed E-state index contributed by atoms with van der Waals surface area (Å²) in [6, 6.07) is 0. The highest BCUT2D eigenvalue weighted by Gasteiger charge is 2.31.